The number of benzene rings is 2. The van der Waals surface area contributed by atoms with Crippen LogP contribution in [0, 0.1) is 6.92 Å². The summed E-state index contributed by atoms with van der Waals surface area (Å²) in [5.74, 6) is -0.125. The number of aliphatic imine (C=N–C) groups is 1. The van der Waals surface area contributed by atoms with Gasteiger partial charge in [-0.05, 0) is 102 Å². The molecular formula is C37H51N5O3. The molecule has 0 unspecified atom stereocenters. The van der Waals surface area contributed by atoms with Crippen LogP contribution in [0.15, 0.2) is 52.7 Å². The van der Waals surface area contributed by atoms with Crippen LogP contribution in [0.4, 0.5) is 5.69 Å². The molecule has 2 aromatic rings. The Morgan fingerprint density at radius 3 is 2.27 bits per heavy atom. The summed E-state index contributed by atoms with van der Waals surface area (Å²) in [4.78, 5) is 38.4. The van der Waals surface area contributed by atoms with Gasteiger partial charge in [-0.2, -0.15) is 0 Å². The van der Waals surface area contributed by atoms with Crippen molar-refractivity contribution in [3.8, 4) is 11.1 Å². The minimum atomic E-state index is -0.161. The highest BCUT2D eigenvalue weighted by Crippen LogP contribution is 2.36. The normalized spacial score (nSPS) is 21.2. The molecule has 0 atom stereocenters. The molecule has 8 nitrogen and oxygen atoms in total. The molecule has 2 heterocycles. The van der Waals surface area contributed by atoms with E-state index in [0.29, 0.717) is 35.3 Å². The van der Waals surface area contributed by atoms with E-state index >= 15 is 0 Å². The number of Topliss-reactive ketones (excluding diaryl/α,β-unsaturated/α-hetero) is 1. The van der Waals surface area contributed by atoms with Gasteiger partial charge >= 0.3 is 0 Å². The van der Waals surface area contributed by atoms with Crippen LogP contribution in [0.25, 0.3) is 11.1 Å². The van der Waals surface area contributed by atoms with E-state index in [9.17, 15) is 9.59 Å². The molecule has 1 saturated carbocycles. The number of amides is 1. The molecule has 2 fully saturated rings. The lowest BCUT2D eigenvalue weighted by molar-refractivity contribution is -0.114. The predicted octanol–water partition coefficient (Wildman–Crippen LogP) is 5.63. The van der Waals surface area contributed by atoms with Gasteiger partial charge < -0.3 is 19.9 Å². The number of ether oxygens (including phenoxy) is 1. The lowest BCUT2D eigenvalue weighted by atomic mass is 9.88. The number of morpholine rings is 1. The van der Waals surface area contributed by atoms with Crippen molar-refractivity contribution < 1.29 is 14.3 Å². The molecule has 0 aromatic heterocycles. The van der Waals surface area contributed by atoms with Gasteiger partial charge in [0.15, 0.2) is 5.78 Å². The lowest BCUT2D eigenvalue weighted by Crippen LogP contribution is -2.42. The first-order chi connectivity index (χ1) is 21.6. The van der Waals surface area contributed by atoms with Crippen LogP contribution in [0.3, 0.4) is 0 Å². The van der Waals surface area contributed by atoms with E-state index in [0.717, 1.165) is 80.3 Å². The van der Waals surface area contributed by atoms with E-state index in [2.05, 4.69) is 83.3 Å². The van der Waals surface area contributed by atoms with Gasteiger partial charge in [0.1, 0.15) is 0 Å². The zero-order valence-electron chi connectivity index (χ0n) is 28.1. The van der Waals surface area contributed by atoms with Crippen LogP contribution >= 0.6 is 0 Å². The zero-order valence-corrected chi connectivity index (χ0v) is 28.1. The summed E-state index contributed by atoms with van der Waals surface area (Å²) in [5, 5.41) is 3.07. The number of carbonyl (C=O) groups is 2. The fourth-order valence-corrected chi connectivity index (χ4v) is 7.16. The Bertz CT molecular complexity index is 1430. The number of carbonyl (C=O) groups excluding carboxylic acids is 2. The number of rotatable bonds is 10. The van der Waals surface area contributed by atoms with Gasteiger partial charge in [0.25, 0.3) is 5.91 Å². The molecular weight excluding hydrogens is 562 g/mol. The maximum Gasteiger partial charge on any atom is 0.251 e. The molecule has 242 valence electrons. The molecule has 45 heavy (non-hydrogen) atoms. The van der Waals surface area contributed by atoms with Gasteiger partial charge in [-0.15, -0.1) is 0 Å². The van der Waals surface area contributed by atoms with E-state index in [1.165, 1.54) is 18.4 Å². The van der Waals surface area contributed by atoms with Crippen molar-refractivity contribution in [2.24, 2.45) is 4.99 Å². The molecule has 1 aliphatic carbocycles. The number of allylic oxidation sites excluding steroid dienone is 1. The van der Waals surface area contributed by atoms with Gasteiger partial charge in [0.2, 0.25) is 0 Å². The third-order valence-electron chi connectivity index (χ3n) is 9.88. The van der Waals surface area contributed by atoms with Gasteiger partial charge in [0.05, 0.1) is 13.2 Å². The fraction of sp³-hybridized carbons (Fsp3) is 0.541. The van der Waals surface area contributed by atoms with Gasteiger partial charge in [-0.25, -0.2) is 0 Å². The molecule has 0 spiro atoms. The number of hydrogen-bond acceptors (Lipinski definition) is 7. The average molecular weight is 614 g/mol. The van der Waals surface area contributed by atoms with E-state index in [1.54, 1.807) is 0 Å². The predicted molar refractivity (Wildman–Crippen MR) is 183 cm³/mol. The third kappa shape index (κ3) is 7.91. The summed E-state index contributed by atoms with van der Waals surface area (Å²) in [6, 6.07) is 14.1. The number of ketones is 1. The fourth-order valence-electron chi connectivity index (χ4n) is 7.16. The Morgan fingerprint density at radius 1 is 0.978 bits per heavy atom. The molecule has 1 amide bonds. The van der Waals surface area contributed by atoms with Crippen LogP contribution in [0.1, 0.15) is 74.4 Å². The summed E-state index contributed by atoms with van der Waals surface area (Å²) in [7, 11) is 4.36. The molecule has 8 heteroatoms. The summed E-state index contributed by atoms with van der Waals surface area (Å²) >= 11 is 0. The molecule has 1 N–H and O–H groups in total. The standard InChI is InChI=1S/C37H51N5O3/c1-7-42(32-14-12-31(13-15-32)40(5)6)35-22-30(29-10-8-28(9-11-29)24-41-16-18-45-19-17-41)21-33(26(35)3)37(44)38-23-34-27(4)39-25(2)20-36(34)43/h8-11,21-22,31-32H,7,12-20,23-24H2,1-6H3,(H,38,44)/t31-,32-. The minimum Gasteiger partial charge on any atom is -0.379 e. The molecule has 2 aromatic carbocycles. The Kier molecular flexibility index (Phi) is 10.9. The highest BCUT2D eigenvalue weighted by molar-refractivity contribution is 6.12. The molecule has 0 radical (unpaired) electrons. The molecule has 2 aliphatic heterocycles. The van der Waals surface area contributed by atoms with E-state index in [-0.39, 0.29) is 18.2 Å². The average Bonchev–Trinajstić information content (AvgIpc) is 3.02. The van der Waals surface area contributed by atoms with Gasteiger partial charge in [-0.3, -0.25) is 19.5 Å². The Labute approximate surface area is 269 Å². The first kappa shape index (κ1) is 33.0. The number of hydrogen-bond donors (Lipinski definition) is 1. The Balaban J connectivity index is 1.45. The maximum atomic E-state index is 13.9. The van der Waals surface area contributed by atoms with Crippen LogP contribution in [0.5, 0.6) is 0 Å². The van der Waals surface area contributed by atoms with E-state index in [1.807, 2.05) is 19.9 Å². The quantitative estimate of drug-likeness (QED) is 0.374. The van der Waals surface area contributed by atoms with Crippen molar-refractivity contribution in [2.45, 2.75) is 78.4 Å². The zero-order chi connectivity index (χ0) is 32.1. The second kappa shape index (κ2) is 14.8. The van der Waals surface area contributed by atoms with Crippen molar-refractivity contribution in [3.63, 3.8) is 0 Å². The van der Waals surface area contributed by atoms with Gasteiger partial charge in [0, 0.05) is 79.5 Å². The lowest BCUT2D eigenvalue weighted by Gasteiger charge is -2.40. The first-order valence-electron chi connectivity index (χ1n) is 16.7. The largest absolute Gasteiger partial charge is 0.379 e. The van der Waals surface area contributed by atoms with Crippen molar-refractivity contribution in [1.82, 2.24) is 15.1 Å². The Hall–Kier alpha value is -3.33. The second-order valence-corrected chi connectivity index (χ2v) is 13.2. The topological polar surface area (TPSA) is 77.5 Å². The van der Waals surface area contributed by atoms with Crippen molar-refractivity contribution in [1.29, 1.82) is 0 Å². The van der Waals surface area contributed by atoms with Crippen LogP contribution in [0.2, 0.25) is 0 Å². The number of anilines is 1. The molecule has 0 bridgehead atoms. The highest BCUT2D eigenvalue weighted by Gasteiger charge is 2.29. The minimum absolute atomic E-state index is 0.0362. The Morgan fingerprint density at radius 2 is 1.64 bits per heavy atom. The second-order valence-electron chi connectivity index (χ2n) is 13.2. The maximum absolute atomic E-state index is 13.9. The number of nitrogens with zero attached hydrogens (tertiary/aromatic N) is 4. The molecule has 1 saturated heterocycles. The van der Waals surface area contributed by atoms with E-state index < -0.39 is 0 Å². The molecule has 3 aliphatic rings. The first-order valence-corrected chi connectivity index (χ1v) is 16.7. The number of nitrogens with one attached hydrogen (secondary N) is 1. The molecule has 5 rings (SSSR count). The third-order valence-corrected chi connectivity index (χ3v) is 9.88. The van der Waals surface area contributed by atoms with Crippen molar-refractivity contribution in [3.05, 3.63) is 64.4 Å². The summed E-state index contributed by atoms with van der Waals surface area (Å²) in [6.45, 7) is 13.5. The highest BCUT2D eigenvalue weighted by atomic mass is 16.5. The van der Waals surface area contributed by atoms with Crippen LogP contribution in [-0.2, 0) is 16.1 Å². The van der Waals surface area contributed by atoms with Crippen LogP contribution in [-0.4, -0.2) is 92.8 Å². The van der Waals surface area contributed by atoms with Crippen LogP contribution < -0.4 is 10.2 Å². The van der Waals surface area contributed by atoms with Gasteiger partial charge in [-0.1, -0.05) is 24.3 Å². The summed E-state index contributed by atoms with van der Waals surface area (Å²) in [5.41, 5.74) is 8.25. The van der Waals surface area contributed by atoms with E-state index in [4.69, 9.17) is 4.74 Å². The SMILES string of the molecule is CCN(c1cc(-c2ccc(CN3CCOCC3)cc2)cc(C(=O)NCC2=C(C)N=C(C)CC2=O)c1C)[C@H]1CC[C@H](N(C)C)CC1. The summed E-state index contributed by atoms with van der Waals surface area (Å²) in [6.07, 6.45) is 4.93. The van der Waals surface area contributed by atoms with Crippen molar-refractivity contribution in [2.75, 3.05) is 58.4 Å². The monoisotopic (exact) mass is 613 g/mol. The smallest absolute Gasteiger partial charge is 0.251 e. The van der Waals surface area contributed by atoms with Crippen molar-refractivity contribution >= 4 is 23.1 Å². The summed E-state index contributed by atoms with van der Waals surface area (Å²) < 4.78 is 5.51.